The minimum absolute atomic E-state index is 0.526. The fourth-order valence-corrected chi connectivity index (χ4v) is 2.96. The second-order valence-electron chi connectivity index (χ2n) is 6.25. The van der Waals surface area contributed by atoms with Gasteiger partial charge in [-0.2, -0.15) is 0 Å². The van der Waals surface area contributed by atoms with E-state index in [4.69, 9.17) is 24.4 Å². The molecule has 7 nitrogen and oxygen atoms in total. The average molecular weight is 406 g/mol. The Morgan fingerprint density at radius 3 is 2.03 bits per heavy atom. The van der Waals surface area contributed by atoms with Crippen LogP contribution in [0.2, 0.25) is 0 Å². The Kier molecular flexibility index (Phi) is 6.67. The molecule has 30 heavy (non-hydrogen) atoms. The molecule has 3 rings (SSSR count). The first-order valence-corrected chi connectivity index (χ1v) is 9.09. The Balaban J connectivity index is 1.93. The summed E-state index contributed by atoms with van der Waals surface area (Å²) < 4.78 is 16.2. The summed E-state index contributed by atoms with van der Waals surface area (Å²) in [5.41, 5.74) is 5.69. The molecule has 0 fully saturated rings. The highest BCUT2D eigenvalue weighted by molar-refractivity contribution is 5.90. The third-order valence-electron chi connectivity index (χ3n) is 4.45. The van der Waals surface area contributed by atoms with Gasteiger partial charge in [-0.25, -0.2) is 10.5 Å². The van der Waals surface area contributed by atoms with Gasteiger partial charge in [0.1, 0.15) is 0 Å². The van der Waals surface area contributed by atoms with Crippen LogP contribution in [-0.4, -0.2) is 37.4 Å². The molecule has 2 N–H and O–H groups in total. The highest BCUT2D eigenvalue weighted by atomic mass is 16.5. The zero-order valence-electron chi connectivity index (χ0n) is 16.9. The number of hydroxylamine groups is 1. The summed E-state index contributed by atoms with van der Waals surface area (Å²) in [6.45, 7) is 0. The Morgan fingerprint density at radius 2 is 1.50 bits per heavy atom. The molecule has 1 aromatic heterocycles. The Morgan fingerprint density at radius 1 is 0.900 bits per heavy atom. The van der Waals surface area contributed by atoms with Crippen molar-refractivity contribution in [2.24, 2.45) is 0 Å². The number of aromatic nitrogens is 1. The second kappa shape index (κ2) is 9.58. The van der Waals surface area contributed by atoms with E-state index >= 15 is 0 Å². The van der Waals surface area contributed by atoms with Crippen LogP contribution in [0.1, 0.15) is 5.56 Å². The van der Waals surface area contributed by atoms with Crippen LogP contribution in [0.5, 0.6) is 17.2 Å². The van der Waals surface area contributed by atoms with E-state index in [2.05, 4.69) is 0 Å². The number of nitrogens with zero attached hydrogens (tertiary/aromatic N) is 1. The van der Waals surface area contributed by atoms with Gasteiger partial charge in [0.05, 0.1) is 32.7 Å². The molecule has 1 heterocycles. The first-order valence-electron chi connectivity index (χ1n) is 9.09. The predicted octanol–water partition coefficient (Wildman–Crippen LogP) is 3.96. The molecule has 0 radical (unpaired) electrons. The number of methoxy groups -OCH3 is 3. The molecule has 0 atom stereocenters. The van der Waals surface area contributed by atoms with Gasteiger partial charge in [0.25, 0.3) is 5.91 Å². The van der Waals surface area contributed by atoms with Crippen molar-refractivity contribution in [2.45, 2.75) is 0 Å². The Labute approximate surface area is 174 Å². The number of hydrogen-bond donors (Lipinski definition) is 2. The SMILES string of the molecule is COc1cc(-c2cccc(-c3ccc(/C=C/C(=O)NO)cc3)n2)cc(OC)c1OC. The van der Waals surface area contributed by atoms with Crippen molar-refractivity contribution in [2.75, 3.05) is 21.3 Å². The molecule has 0 saturated carbocycles. The zero-order chi connectivity index (χ0) is 21.5. The molecule has 2 aromatic carbocycles. The van der Waals surface area contributed by atoms with Crippen molar-refractivity contribution < 1.29 is 24.2 Å². The summed E-state index contributed by atoms with van der Waals surface area (Å²) >= 11 is 0. The monoisotopic (exact) mass is 406 g/mol. The van der Waals surface area contributed by atoms with Gasteiger partial charge in [0.2, 0.25) is 5.75 Å². The number of amides is 1. The van der Waals surface area contributed by atoms with Gasteiger partial charge in [-0.15, -0.1) is 0 Å². The van der Waals surface area contributed by atoms with Gasteiger partial charge in [0, 0.05) is 17.2 Å². The quantitative estimate of drug-likeness (QED) is 0.351. The fourth-order valence-electron chi connectivity index (χ4n) is 2.96. The summed E-state index contributed by atoms with van der Waals surface area (Å²) in [6.07, 6.45) is 2.85. The lowest BCUT2D eigenvalue weighted by molar-refractivity contribution is -0.124. The standard InChI is InChI=1S/C23H22N2O5/c1-28-20-13-17(14-21(29-2)23(20)30-3)19-6-4-5-18(24-19)16-10-7-15(8-11-16)9-12-22(26)25-27/h4-14,27H,1-3H3,(H,25,26)/b12-9+. The summed E-state index contributed by atoms with van der Waals surface area (Å²) in [4.78, 5) is 15.9. The maximum atomic E-state index is 11.1. The van der Waals surface area contributed by atoms with Crippen LogP contribution in [-0.2, 0) is 4.79 Å². The van der Waals surface area contributed by atoms with E-state index in [0.29, 0.717) is 17.2 Å². The molecule has 3 aromatic rings. The summed E-state index contributed by atoms with van der Waals surface area (Å²) in [6, 6.07) is 17.0. The summed E-state index contributed by atoms with van der Waals surface area (Å²) in [5.74, 6) is 1.06. The van der Waals surface area contributed by atoms with Crippen LogP contribution in [0.15, 0.2) is 60.7 Å². The summed E-state index contributed by atoms with van der Waals surface area (Å²) in [7, 11) is 4.71. The number of rotatable bonds is 7. The van der Waals surface area contributed by atoms with E-state index in [1.54, 1.807) is 32.9 Å². The van der Waals surface area contributed by atoms with Crippen LogP contribution in [0.25, 0.3) is 28.6 Å². The van der Waals surface area contributed by atoms with Gasteiger partial charge in [-0.05, 0) is 35.9 Å². The lowest BCUT2D eigenvalue weighted by Gasteiger charge is -2.14. The third-order valence-corrected chi connectivity index (χ3v) is 4.45. The van der Waals surface area contributed by atoms with Crippen molar-refractivity contribution in [3.8, 4) is 39.8 Å². The molecular weight excluding hydrogens is 384 g/mol. The van der Waals surface area contributed by atoms with Crippen LogP contribution in [0.4, 0.5) is 0 Å². The molecule has 0 bridgehead atoms. The Hall–Kier alpha value is -3.84. The van der Waals surface area contributed by atoms with E-state index in [0.717, 1.165) is 28.1 Å². The minimum atomic E-state index is -0.584. The number of carbonyl (C=O) groups excluding carboxylic acids is 1. The predicted molar refractivity (Wildman–Crippen MR) is 114 cm³/mol. The first-order chi connectivity index (χ1) is 14.6. The van der Waals surface area contributed by atoms with E-state index < -0.39 is 5.91 Å². The van der Waals surface area contributed by atoms with Crippen molar-refractivity contribution in [3.63, 3.8) is 0 Å². The highest BCUT2D eigenvalue weighted by Crippen LogP contribution is 2.41. The van der Waals surface area contributed by atoms with Crippen LogP contribution in [0.3, 0.4) is 0 Å². The lowest BCUT2D eigenvalue weighted by Crippen LogP contribution is -2.14. The van der Waals surface area contributed by atoms with Gasteiger partial charge < -0.3 is 14.2 Å². The van der Waals surface area contributed by atoms with Gasteiger partial charge in [-0.1, -0.05) is 30.3 Å². The highest BCUT2D eigenvalue weighted by Gasteiger charge is 2.15. The average Bonchev–Trinajstić information content (AvgIpc) is 2.81. The van der Waals surface area contributed by atoms with Gasteiger partial charge in [-0.3, -0.25) is 10.0 Å². The molecule has 0 aliphatic carbocycles. The van der Waals surface area contributed by atoms with Crippen LogP contribution in [0, 0.1) is 0 Å². The third kappa shape index (κ3) is 4.59. The molecule has 154 valence electrons. The number of ether oxygens (including phenoxy) is 3. The van der Waals surface area contributed by atoms with Crippen LogP contribution < -0.4 is 19.7 Å². The Bertz CT molecular complexity index is 1040. The van der Waals surface area contributed by atoms with E-state index in [9.17, 15) is 4.79 Å². The van der Waals surface area contributed by atoms with Crippen molar-refractivity contribution >= 4 is 12.0 Å². The van der Waals surface area contributed by atoms with E-state index in [-0.39, 0.29) is 0 Å². The number of carbonyl (C=O) groups is 1. The van der Waals surface area contributed by atoms with Crippen molar-refractivity contribution in [3.05, 3.63) is 66.2 Å². The second-order valence-corrected chi connectivity index (χ2v) is 6.25. The van der Waals surface area contributed by atoms with Gasteiger partial charge >= 0.3 is 0 Å². The fraction of sp³-hybridized carbons (Fsp3) is 0.130. The molecule has 1 amide bonds. The molecular formula is C23H22N2O5. The molecule has 0 saturated heterocycles. The molecule has 0 spiro atoms. The number of pyridine rings is 1. The summed E-state index contributed by atoms with van der Waals surface area (Å²) in [5, 5.41) is 8.54. The van der Waals surface area contributed by atoms with Crippen molar-refractivity contribution in [1.82, 2.24) is 10.5 Å². The lowest BCUT2D eigenvalue weighted by atomic mass is 10.1. The number of benzene rings is 2. The minimum Gasteiger partial charge on any atom is -0.493 e. The van der Waals surface area contributed by atoms with Gasteiger partial charge in [0.15, 0.2) is 11.5 Å². The largest absolute Gasteiger partial charge is 0.493 e. The maximum Gasteiger partial charge on any atom is 0.267 e. The molecule has 0 aliphatic heterocycles. The van der Waals surface area contributed by atoms with Crippen LogP contribution >= 0.6 is 0 Å². The first kappa shape index (κ1) is 20.9. The molecule has 0 unspecified atom stereocenters. The van der Waals surface area contributed by atoms with Crippen molar-refractivity contribution in [1.29, 1.82) is 0 Å². The van der Waals surface area contributed by atoms with E-state index in [1.165, 1.54) is 6.08 Å². The molecule has 7 heteroatoms. The zero-order valence-corrected chi connectivity index (χ0v) is 16.9. The normalized spacial score (nSPS) is 10.7. The maximum absolute atomic E-state index is 11.1. The molecule has 0 aliphatic rings. The smallest absolute Gasteiger partial charge is 0.267 e. The topological polar surface area (TPSA) is 89.9 Å². The number of nitrogens with one attached hydrogen (secondary N) is 1. The van der Waals surface area contributed by atoms with E-state index in [1.807, 2.05) is 54.6 Å². The number of hydrogen-bond acceptors (Lipinski definition) is 6.